The first-order chi connectivity index (χ1) is 13.1. The minimum Gasteiger partial charge on any atom is -0.326 e. The molecule has 3 aromatic rings. The Kier molecular flexibility index (Phi) is 4.46. The molecule has 2 N–H and O–H groups in total. The molecule has 0 saturated heterocycles. The first-order valence-corrected chi connectivity index (χ1v) is 8.91. The zero-order valence-electron chi connectivity index (χ0n) is 15.0. The number of hydrogen-bond acceptors (Lipinski definition) is 3. The van der Waals surface area contributed by atoms with E-state index in [1.54, 1.807) is 12.1 Å². The highest BCUT2D eigenvalue weighted by atomic mass is 16.2. The van der Waals surface area contributed by atoms with Crippen molar-refractivity contribution >= 4 is 23.3 Å². The highest BCUT2D eigenvalue weighted by molar-refractivity contribution is 6.07. The summed E-state index contributed by atoms with van der Waals surface area (Å²) in [5.41, 5.74) is 4.20. The number of aromatic nitrogens is 2. The van der Waals surface area contributed by atoms with Crippen LogP contribution in [0.5, 0.6) is 0 Å². The fraction of sp³-hybridized carbons (Fsp3) is 0.190. The number of aryl methyl sites for hydroxylation is 1. The van der Waals surface area contributed by atoms with Crippen LogP contribution in [0, 0.1) is 6.92 Å². The number of amides is 2. The summed E-state index contributed by atoms with van der Waals surface area (Å²) in [5, 5.41) is 10.2. The van der Waals surface area contributed by atoms with Crippen molar-refractivity contribution in [3.63, 3.8) is 0 Å². The van der Waals surface area contributed by atoms with Crippen LogP contribution < -0.4 is 10.6 Å². The Labute approximate surface area is 157 Å². The maximum absolute atomic E-state index is 12.8. The topological polar surface area (TPSA) is 76.0 Å². The number of carbonyl (C=O) groups excluding carboxylic acids is 2. The fourth-order valence-corrected chi connectivity index (χ4v) is 3.31. The Hall–Kier alpha value is -3.41. The van der Waals surface area contributed by atoms with Crippen molar-refractivity contribution < 1.29 is 9.59 Å². The maximum atomic E-state index is 12.8. The van der Waals surface area contributed by atoms with E-state index in [2.05, 4.69) is 15.7 Å². The number of benzene rings is 2. The van der Waals surface area contributed by atoms with Gasteiger partial charge in [-0.25, -0.2) is 0 Å². The van der Waals surface area contributed by atoms with Gasteiger partial charge in [0.25, 0.3) is 5.91 Å². The van der Waals surface area contributed by atoms with Gasteiger partial charge in [-0.1, -0.05) is 36.4 Å². The second-order valence-corrected chi connectivity index (χ2v) is 6.68. The summed E-state index contributed by atoms with van der Waals surface area (Å²) in [5.74, 6) is 0.319. The molecule has 136 valence electrons. The van der Waals surface area contributed by atoms with E-state index in [4.69, 9.17) is 0 Å². The Bertz CT molecular complexity index is 1010. The van der Waals surface area contributed by atoms with Crippen molar-refractivity contribution in [2.24, 2.45) is 0 Å². The minimum atomic E-state index is -0.212. The van der Waals surface area contributed by atoms with E-state index in [-0.39, 0.29) is 11.8 Å². The first kappa shape index (κ1) is 17.0. The molecular formula is C21H20N4O2. The predicted octanol–water partition coefficient (Wildman–Crippen LogP) is 3.38. The van der Waals surface area contributed by atoms with Crippen LogP contribution in [0.15, 0.2) is 54.7 Å². The molecule has 4 rings (SSSR count). The van der Waals surface area contributed by atoms with Gasteiger partial charge >= 0.3 is 0 Å². The maximum Gasteiger partial charge on any atom is 0.257 e. The van der Waals surface area contributed by atoms with Gasteiger partial charge in [-0.2, -0.15) is 5.10 Å². The minimum absolute atomic E-state index is 0.0180. The van der Waals surface area contributed by atoms with Crippen LogP contribution in [0.1, 0.15) is 33.5 Å². The van der Waals surface area contributed by atoms with Crippen molar-refractivity contribution in [1.82, 2.24) is 9.78 Å². The number of fused-ring (bicyclic) bond motifs is 1. The second kappa shape index (κ2) is 7.07. The lowest BCUT2D eigenvalue weighted by atomic mass is 9.97. The van der Waals surface area contributed by atoms with E-state index in [9.17, 15) is 9.59 Å². The van der Waals surface area contributed by atoms with Crippen molar-refractivity contribution in [3.05, 3.63) is 77.0 Å². The van der Waals surface area contributed by atoms with Crippen LogP contribution in [0.2, 0.25) is 0 Å². The summed E-state index contributed by atoms with van der Waals surface area (Å²) in [6.45, 7) is 2.56. The van der Waals surface area contributed by atoms with E-state index < -0.39 is 0 Å². The summed E-state index contributed by atoms with van der Waals surface area (Å²) in [6.07, 6.45) is 2.87. The van der Waals surface area contributed by atoms with Crippen molar-refractivity contribution in [2.45, 2.75) is 26.3 Å². The van der Waals surface area contributed by atoms with Crippen molar-refractivity contribution in [3.8, 4) is 0 Å². The summed E-state index contributed by atoms with van der Waals surface area (Å²) >= 11 is 0. The standard InChI is InChI=1S/C21H20N4O2/c1-14-12-25(13-15-6-3-2-4-7-15)24-20(14)23-21(27)17-8-5-9-18-16(17)10-11-19(26)22-18/h2-9,12H,10-11,13H2,1H3,(H,22,26)(H,23,24,27). The molecule has 1 aliphatic heterocycles. The number of rotatable bonds is 4. The number of hydrogen-bond donors (Lipinski definition) is 2. The van der Waals surface area contributed by atoms with Crippen LogP contribution >= 0.6 is 0 Å². The lowest BCUT2D eigenvalue weighted by molar-refractivity contribution is -0.116. The van der Waals surface area contributed by atoms with Gasteiger partial charge in [0.2, 0.25) is 5.91 Å². The smallest absolute Gasteiger partial charge is 0.257 e. The Balaban J connectivity index is 1.54. The quantitative estimate of drug-likeness (QED) is 0.749. The van der Waals surface area contributed by atoms with Gasteiger partial charge in [-0.15, -0.1) is 0 Å². The third-order valence-corrected chi connectivity index (χ3v) is 4.66. The molecule has 0 spiro atoms. The molecule has 0 saturated carbocycles. The Morgan fingerprint density at radius 3 is 2.78 bits per heavy atom. The summed E-state index contributed by atoms with van der Waals surface area (Å²) in [4.78, 5) is 24.4. The van der Waals surface area contributed by atoms with Crippen molar-refractivity contribution in [1.29, 1.82) is 0 Å². The van der Waals surface area contributed by atoms with Gasteiger partial charge in [-0.3, -0.25) is 14.3 Å². The van der Waals surface area contributed by atoms with E-state index in [1.807, 2.05) is 54.2 Å². The molecule has 2 aromatic carbocycles. The summed E-state index contributed by atoms with van der Waals surface area (Å²) in [6, 6.07) is 15.4. The monoisotopic (exact) mass is 360 g/mol. The number of carbonyl (C=O) groups is 2. The Morgan fingerprint density at radius 1 is 1.15 bits per heavy atom. The molecule has 0 unspecified atom stereocenters. The van der Waals surface area contributed by atoms with Crippen LogP contribution in [-0.2, 0) is 17.8 Å². The van der Waals surface area contributed by atoms with E-state index >= 15 is 0 Å². The molecule has 0 bridgehead atoms. The summed E-state index contributed by atoms with van der Waals surface area (Å²) in [7, 11) is 0. The third-order valence-electron chi connectivity index (χ3n) is 4.66. The van der Waals surface area contributed by atoms with Crippen LogP contribution in [0.4, 0.5) is 11.5 Å². The zero-order chi connectivity index (χ0) is 18.8. The normalized spacial score (nSPS) is 13.0. The molecular weight excluding hydrogens is 340 g/mol. The fourth-order valence-electron chi connectivity index (χ4n) is 3.31. The highest BCUT2D eigenvalue weighted by Crippen LogP contribution is 2.26. The largest absolute Gasteiger partial charge is 0.326 e. The van der Waals surface area contributed by atoms with Crippen LogP contribution in [0.3, 0.4) is 0 Å². The molecule has 6 nitrogen and oxygen atoms in total. The van der Waals surface area contributed by atoms with E-state index in [1.165, 1.54) is 0 Å². The zero-order valence-corrected chi connectivity index (χ0v) is 15.0. The molecule has 0 radical (unpaired) electrons. The van der Waals surface area contributed by atoms with Gasteiger partial charge < -0.3 is 10.6 Å². The molecule has 6 heteroatoms. The SMILES string of the molecule is Cc1cn(Cc2ccccc2)nc1NC(=O)c1cccc2c1CCC(=O)N2. The van der Waals surface area contributed by atoms with E-state index in [0.717, 1.165) is 16.7 Å². The lowest BCUT2D eigenvalue weighted by Gasteiger charge is -2.19. The van der Waals surface area contributed by atoms with Crippen molar-refractivity contribution in [2.75, 3.05) is 10.6 Å². The number of nitrogens with one attached hydrogen (secondary N) is 2. The molecule has 0 fully saturated rings. The molecule has 2 amide bonds. The second-order valence-electron chi connectivity index (χ2n) is 6.68. The summed E-state index contributed by atoms with van der Waals surface area (Å²) < 4.78 is 1.82. The van der Waals surface area contributed by atoms with Gasteiger partial charge in [0.1, 0.15) is 0 Å². The average molecular weight is 360 g/mol. The molecule has 0 atom stereocenters. The molecule has 2 heterocycles. The van der Waals surface area contributed by atoms with Gasteiger partial charge in [0, 0.05) is 29.4 Å². The average Bonchev–Trinajstić information content (AvgIpc) is 3.00. The molecule has 1 aliphatic rings. The molecule has 27 heavy (non-hydrogen) atoms. The van der Waals surface area contributed by atoms with Crippen LogP contribution in [-0.4, -0.2) is 21.6 Å². The molecule has 0 aliphatic carbocycles. The van der Waals surface area contributed by atoms with Gasteiger partial charge in [0.15, 0.2) is 5.82 Å². The third kappa shape index (κ3) is 3.60. The van der Waals surface area contributed by atoms with Gasteiger partial charge in [-0.05, 0) is 36.6 Å². The molecule has 1 aromatic heterocycles. The first-order valence-electron chi connectivity index (χ1n) is 8.91. The highest BCUT2D eigenvalue weighted by Gasteiger charge is 2.21. The van der Waals surface area contributed by atoms with E-state index in [0.29, 0.717) is 36.5 Å². The Morgan fingerprint density at radius 2 is 1.96 bits per heavy atom. The number of nitrogens with zero attached hydrogens (tertiary/aromatic N) is 2. The predicted molar refractivity (Wildman–Crippen MR) is 104 cm³/mol. The van der Waals surface area contributed by atoms with Crippen LogP contribution in [0.25, 0.3) is 0 Å². The lowest BCUT2D eigenvalue weighted by Crippen LogP contribution is -2.23. The van der Waals surface area contributed by atoms with Gasteiger partial charge in [0.05, 0.1) is 6.54 Å². The number of anilines is 2.